The molecule has 138 valence electrons. The maximum absolute atomic E-state index is 13.2. The van der Waals surface area contributed by atoms with Crippen molar-refractivity contribution >= 4 is 18.0 Å². The van der Waals surface area contributed by atoms with Crippen molar-refractivity contribution in [3.05, 3.63) is 82.6 Å². The normalized spacial score (nSPS) is 16.8. The van der Waals surface area contributed by atoms with E-state index in [1.807, 2.05) is 37.3 Å². The van der Waals surface area contributed by atoms with Crippen LogP contribution in [0.1, 0.15) is 31.0 Å². The van der Waals surface area contributed by atoms with E-state index in [2.05, 4.69) is 0 Å². The Morgan fingerprint density at radius 3 is 2.37 bits per heavy atom. The summed E-state index contributed by atoms with van der Waals surface area (Å²) in [4.78, 5) is 27.2. The Balaban J connectivity index is 2.11. The zero-order chi connectivity index (χ0) is 19.6. The number of carbonyl (C=O) groups is 2. The molecule has 0 saturated heterocycles. The maximum Gasteiger partial charge on any atom is 0.340 e. The lowest BCUT2D eigenvalue weighted by Gasteiger charge is -2.26. The molecule has 0 saturated carbocycles. The average molecular weight is 363 g/mol. The van der Waals surface area contributed by atoms with Crippen LogP contribution in [0.3, 0.4) is 0 Å². The number of para-hydroxylation sites is 1. The topological polar surface area (TPSA) is 66.8 Å². The number of methoxy groups -OCH3 is 1. The smallest absolute Gasteiger partial charge is 0.340 e. The second-order valence-corrected chi connectivity index (χ2v) is 6.33. The van der Waals surface area contributed by atoms with Crippen LogP contribution < -0.4 is 0 Å². The van der Waals surface area contributed by atoms with E-state index in [-0.39, 0.29) is 28.8 Å². The molecule has 1 aliphatic rings. The van der Waals surface area contributed by atoms with Crippen molar-refractivity contribution < 1.29 is 19.4 Å². The summed E-state index contributed by atoms with van der Waals surface area (Å²) < 4.78 is 4.91. The molecule has 5 nitrogen and oxygen atoms in total. The first kappa shape index (κ1) is 18.5. The van der Waals surface area contributed by atoms with Gasteiger partial charge in [0.2, 0.25) is 0 Å². The molecule has 0 spiro atoms. The molecule has 2 aromatic rings. The van der Waals surface area contributed by atoms with E-state index in [0.717, 1.165) is 5.56 Å². The molecule has 1 N–H and O–H groups in total. The number of ether oxygens (including phenoxy) is 1. The standard InChI is InChI=1S/C22H21NO4/c1-14(16-9-5-4-6-10-16)23-15(2)20(22(26)27-3)18(21(23)25)13-17-11-7-8-12-19(17)24/h4-14,24H,1-3H3/b18-13-/t14-/m0/s1. The molecule has 0 aromatic heterocycles. The molecule has 1 aliphatic heterocycles. The molecular formula is C22H21NO4. The summed E-state index contributed by atoms with van der Waals surface area (Å²) in [5.74, 6) is -0.841. The molecule has 0 aliphatic carbocycles. The minimum atomic E-state index is -0.578. The van der Waals surface area contributed by atoms with Crippen molar-refractivity contribution in [1.82, 2.24) is 4.90 Å². The van der Waals surface area contributed by atoms with Crippen LogP contribution in [0.5, 0.6) is 5.75 Å². The lowest BCUT2D eigenvalue weighted by molar-refractivity contribution is -0.136. The predicted molar refractivity (Wildman–Crippen MR) is 103 cm³/mol. The number of phenols is 1. The Kier molecular flexibility index (Phi) is 5.12. The van der Waals surface area contributed by atoms with E-state index in [0.29, 0.717) is 11.3 Å². The van der Waals surface area contributed by atoms with E-state index < -0.39 is 5.97 Å². The monoisotopic (exact) mass is 363 g/mol. The van der Waals surface area contributed by atoms with E-state index in [1.165, 1.54) is 19.3 Å². The number of amides is 1. The van der Waals surface area contributed by atoms with Gasteiger partial charge in [-0.15, -0.1) is 0 Å². The van der Waals surface area contributed by atoms with Crippen molar-refractivity contribution in [2.24, 2.45) is 0 Å². The maximum atomic E-state index is 13.2. The molecule has 1 heterocycles. The number of rotatable bonds is 4. The van der Waals surface area contributed by atoms with Crippen LogP contribution >= 0.6 is 0 Å². The van der Waals surface area contributed by atoms with Crippen LogP contribution in [0, 0.1) is 0 Å². The zero-order valence-corrected chi connectivity index (χ0v) is 15.5. The van der Waals surface area contributed by atoms with E-state index in [4.69, 9.17) is 4.74 Å². The van der Waals surface area contributed by atoms with Crippen molar-refractivity contribution in [2.75, 3.05) is 7.11 Å². The van der Waals surface area contributed by atoms with Gasteiger partial charge < -0.3 is 14.7 Å². The van der Waals surface area contributed by atoms with Crippen LogP contribution in [0.25, 0.3) is 6.08 Å². The van der Waals surface area contributed by atoms with Crippen LogP contribution in [0.4, 0.5) is 0 Å². The van der Waals surface area contributed by atoms with Gasteiger partial charge in [-0.3, -0.25) is 4.79 Å². The molecule has 0 unspecified atom stereocenters. The van der Waals surface area contributed by atoms with Gasteiger partial charge >= 0.3 is 5.97 Å². The molecule has 0 radical (unpaired) electrons. The molecule has 2 aromatic carbocycles. The number of allylic oxidation sites excluding steroid dienone is 1. The molecule has 27 heavy (non-hydrogen) atoms. The fourth-order valence-electron chi connectivity index (χ4n) is 3.31. The van der Waals surface area contributed by atoms with Gasteiger partial charge in [0.05, 0.1) is 24.3 Å². The van der Waals surface area contributed by atoms with Gasteiger partial charge in [0.1, 0.15) is 5.75 Å². The summed E-state index contributed by atoms with van der Waals surface area (Å²) in [5.41, 5.74) is 2.38. The van der Waals surface area contributed by atoms with Gasteiger partial charge in [-0.05, 0) is 31.6 Å². The van der Waals surface area contributed by atoms with Crippen molar-refractivity contribution in [3.63, 3.8) is 0 Å². The SMILES string of the molecule is COC(=O)C1=C(C)N([C@@H](C)c2ccccc2)C(=O)/C1=C\c1ccccc1O. The number of hydrogen-bond donors (Lipinski definition) is 1. The van der Waals surface area contributed by atoms with Gasteiger partial charge in [0.15, 0.2) is 0 Å². The van der Waals surface area contributed by atoms with Crippen LogP contribution in [0.15, 0.2) is 71.4 Å². The highest BCUT2D eigenvalue weighted by atomic mass is 16.5. The molecule has 1 atom stereocenters. The number of benzene rings is 2. The third-order valence-corrected chi connectivity index (χ3v) is 4.74. The second-order valence-electron chi connectivity index (χ2n) is 6.33. The van der Waals surface area contributed by atoms with Crippen molar-refractivity contribution in [3.8, 4) is 5.75 Å². The number of carbonyl (C=O) groups excluding carboxylic acids is 2. The molecule has 0 fully saturated rings. The van der Waals surface area contributed by atoms with E-state index >= 15 is 0 Å². The van der Waals surface area contributed by atoms with E-state index in [1.54, 1.807) is 30.0 Å². The van der Waals surface area contributed by atoms with Crippen molar-refractivity contribution in [1.29, 1.82) is 0 Å². The Bertz CT molecular complexity index is 944. The molecule has 3 rings (SSSR count). The number of esters is 1. The quantitative estimate of drug-likeness (QED) is 0.662. The van der Waals surface area contributed by atoms with Gasteiger partial charge in [0.25, 0.3) is 5.91 Å². The van der Waals surface area contributed by atoms with Crippen molar-refractivity contribution in [2.45, 2.75) is 19.9 Å². The largest absolute Gasteiger partial charge is 0.507 e. The second kappa shape index (κ2) is 7.50. The molecule has 5 heteroatoms. The van der Waals surface area contributed by atoms with Gasteiger partial charge in [0, 0.05) is 11.3 Å². The summed E-state index contributed by atoms with van der Waals surface area (Å²) >= 11 is 0. The first-order valence-corrected chi connectivity index (χ1v) is 8.63. The first-order valence-electron chi connectivity index (χ1n) is 8.63. The Labute approximate surface area is 158 Å². The van der Waals surface area contributed by atoms with Gasteiger partial charge in [-0.1, -0.05) is 48.5 Å². The van der Waals surface area contributed by atoms with Gasteiger partial charge in [-0.2, -0.15) is 0 Å². The Morgan fingerprint density at radius 1 is 1.11 bits per heavy atom. The van der Waals surface area contributed by atoms with Crippen LogP contribution in [-0.4, -0.2) is 29.0 Å². The summed E-state index contributed by atoms with van der Waals surface area (Å²) in [6, 6.07) is 16.0. The molecular weight excluding hydrogens is 342 g/mol. The lowest BCUT2D eigenvalue weighted by Crippen LogP contribution is -2.28. The molecule has 0 bridgehead atoms. The number of phenolic OH excluding ortho intramolecular Hbond substituents is 1. The Hall–Kier alpha value is -3.34. The fourth-order valence-corrected chi connectivity index (χ4v) is 3.31. The molecule has 1 amide bonds. The zero-order valence-electron chi connectivity index (χ0n) is 15.5. The number of nitrogens with zero attached hydrogens (tertiary/aromatic N) is 1. The lowest BCUT2D eigenvalue weighted by atomic mass is 10.0. The highest BCUT2D eigenvalue weighted by Crippen LogP contribution is 2.38. The summed E-state index contributed by atoms with van der Waals surface area (Å²) in [6.45, 7) is 3.64. The minimum Gasteiger partial charge on any atom is -0.507 e. The fraction of sp³-hybridized carbons (Fsp3) is 0.182. The van der Waals surface area contributed by atoms with Crippen LogP contribution in [-0.2, 0) is 14.3 Å². The third-order valence-electron chi connectivity index (χ3n) is 4.74. The third kappa shape index (κ3) is 3.36. The average Bonchev–Trinajstić information content (AvgIpc) is 2.93. The van der Waals surface area contributed by atoms with Gasteiger partial charge in [-0.25, -0.2) is 4.79 Å². The summed E-state index contributed by atoms with van der Waals surface area (Å²) in [7, 11) is 1.29. The highest BCUT2D eigenvalue weighted by Gasteiger charge is 2.39. The minimum absolute atomic E-state index is 0.0363. The summed E-state index contributed by atoms with van der Waals surface area (Å²) in [5, 5.41) is 10.1. The number of aromatic hydroxyl groups is 1. The van der Waals surface area contributed by atoms with Crippen LogP contribution in [0.2, 0.25) is 0 Å². The van der Waals surface area contributed by atoms with E-state index in [9.17, 15) is 14.7 Å². The summed E-state index contributed by atoms with van der Waals surface area (Å²) in [6.07, 6.45) is 1.53. The highest BCUT2D eigenvalue weighted by molar-refractivity contribution is 6.16. The number of hydrogen-bond acceptors (Lipinski definition) is 4. The Morgan fingerprint density at radius 2 is 1.74 bits per heavy atom. The predicted octanol–water partition coefficient (Wildman–Crippen LogP) is 3.83. The first-order chi connectivity index (χ1) is 13.0.